The van der Waals surface area contributed by atoms with Gasteiger partial charge in [0.25, 0.3) is 5.91 Å². The lowest BCUT2D eigenvalue weighted by atomic mass is 10.1. The molecule has 3 rings (SSSR count). The van der Waals surface area contributed by atoms with Crippen molar-refractivity contribution in [3.8, 4) is 5.75 Å². The summed E-state index contributed by atoms with van der Waals surface area (Å²) in [5, 5.41) is 6.89. The number of ether oxygens (including phenoxy) is 1. The topological polar surface area (TPSA) is 152 Å². The fraction of sp³-hybridized carbons (Fsp3) is 0.192. The maximum atomic E-state index is 13.0. The smallest absolute Gasteiger partial charge is 0.339 e. The fourth-order valence-electron chi connectivity index (χ4n) is 3.27. The molecule has 2 aromatic heterocycles. The van der Waals surface area contributed by atoms with Gasteiger partial charge < -0.3 is 15.4 Å². The first-order valence-corrected chi connectivity index (χ1v) is 11.2. The number of amides is 1. The van der Waals surface area contributed by atoms with E-state index in [4.69, 9.17) is 10.5 Å². The third-order valence-corrected chi connectivity index (χ3v) is 5.35. The van der Waals surface area contributed by atoms with E-state index in [-0.39, 0.29) is 23.4 Å². The normalized spacial score (nSPS) is 11.3. The molecule has 1 aromatic carbocycles. The molecule has 0 saturated carbocycles. The van der Waals surface area contributed by atoms with E-state index in [1.54, 1.807) is 19.9 Å². The number of nitrogens with two attached hydrogens (primary N) is 1. The summed E-state index contributed by atoms with van der Waals surface area (Å²) in [6.45, 7) is 3.01. The number of pyridine rings is 2. The number of hydrazone groups is 1. The van der Waals surface area contributed by atoms with Crippen molar-refractivity contribution in [2.45, 2.75) is 20.4 Å². The molecule has 3 aromatic rings. The number of nitrogens with zero attached hydrogens (tertiary/aromatic N) is 5. The number of anilines is 2. The molecule has 11 nitrogen and oxygen atoms in total. The second-order valence-electron chi connectivity index (χ2n) is 8.26. The highest BCUT2D eigenvalue weighted by Gasteiger charge is 2.18. The second-order valence-corrected chi connectivity index (χ2v) is 8.26. The van der Waals surface area contributed by atoms with Crippen molar-refractivity contribution in [1.82, 2.24) is 15.4 Å². The molecule has 0 bridgehead atoms. The summed E-state index contributed by atoms with van der Waals surface area (Å²) in [5.74, 6) is -1.01. The van der Waals surface area contributed by atoms with Gasteiger partial charge in [-0.3, -0.25) is 14.8 Å². The van der Waals surface area contributed by atoms with Crippen LogP contribution < -0.4 is 20.8 Å². The average molecular weight is 502 g/mol. The van der Waals surface area contributed by atoms with E-state index in [0.29, 0.717) is 28.1 Å². The molecule has 2 heterocycles. The Labute approximate surface area is 214 Å². The molecule has 0 spiro atoms. The third kappa shape index (κ3) is 6.82. The van der Waals surface area contributed by atoms with Gasteiger partial charge in [-0.1, -0.05) is 11.2 Å². The van der Waals surface area contributed by atoms with Crippen LogP contribution in [0.15, 0.2) is 64.8 Å². The van der Waals surface area contributed by atoms with E-state index in [1.807, 2.05) is 37.2 Å². The molecule has 0 unspecified atom stereocenters. The second kappa shape index (κ2) is 12.2. The first-order valence-electron chi connectivity index (χ1n) is 11.2. The van der Waals surface area contributed by atoms with Gasteiger partial charge in [0.05, 0.1) is 11.9 Å². The Balaban J connectivity index is 1.87. The maximum absolute atomic E-state index is 13.0. The molecule has 11 heteroatoms. The minimum absolute atomic E-state index is 0.0942. The predicted molar refractivity (Wildman–Crippen MR) is 142 cm³/mol. The highest BCUT2D eigenvalue weighted by atomic mass is 16.5. The maximum Gasteiger partial charge on any atom is 0.339 e. The number of benzene rings is 1. The molecule has 0 aliphatic carbocycles. The standard InChI is InChI=1S/C26H27N7O4/c1-16(11-19-5-6-21(33(3)4)12-23(19)27)26(35)37-24-17(2)29-13-20(14-31-36)22(24)15-30-32-25(34)18-7-9-28-10-8-18/h5-13,15H,14,27H2,1-4H3,(H,32,34)/b16-11+,30-15+. The lowest BCUT2D eigenvalue weighted by Crippen LogP contribution is -2.18. The molecule has 37 heavy (non-hydrogen) atoms. The van der Waals surface area contributed by atoms with Gasteiger partial charge in [-0.25, -0.2) is 10.2 Å². The molecule has 0 atom stereocenters. The number of rotatable bonds is 9. The summed E-state index contributed by atoms with van der Waals surface area (Å²) in [7, 11) is 3.81. The number of nitrogens with one attached hydrogen (secondary N) is 1. The van der Waals surface area contributed by atoms with Gasteiger partial charge in [0.1, 0.15) is 6.54 Å². The molecule has 3 N–H and O–H groups in total. The summed E-state index contributed by atoms with van der Waals surface area (Å²) < 4.78 is 5.67. The predicted octanol–water partition coefficient (Wildman–Crippen LogP) is 3.47. The highest BCUT2D eigenvalue weighted by molar-refractivity contribution is 5.98. The van der Waals surface area contributed by atoms with Gasteiger partial charge in [0.15, 0.2) is 5.75 Å². The van der Waals surface area contributed by atoms with Gasteiger partial charge in [-0.2, -0.15) is 10.0 Å². The molecule has 0 radical (unpaired) electrons. The number of nitroso groups, excluding NO2 is 1. The van der Waals surface area contributed by atoms with Crippen LogP contribution in [-0.2, 0) is 11.3 Å². The van der Waals surface area contributed by atoms with Crippen LogP contribution in [0.4, 0.5) is 11.4 Å². The van der Waals surface area contributed by atoms with Crippen LogP contribution in [-0.4, -0.2) is 42.2 Å². The van der Waals surface area contributed by atoms with Crippen molar-refractivity contribution >= 4 is 35.5 Å². The van der Waals surface area contributed by atoms with Crippen LogP contribution in [0.25, 0.3) is 6.08 Å². The highest BCUT2D eigenvalue weighted by Crippen LogP contribution is 2.27. The Morgan fingerprint density at radius 3 is 2.57 bits per heavy atom. The first-order chi connectivity index (χ1) is 17.7. The monoisotopic (exact) mass is 501 g/mol. The Hall–Kier alpha value is -4.93. The third-order valence-electron chi connectivity index (χ3n) is 5.35. The summed E-state index contributed by atoms with van der Waals surface area (Å²) in [6, 6.07) is 8.58. The molecule has 0 fully saturated rings. The molecule has 1 amide bonds. The number of carbonyl (C=O) groups excluding carboxylic acids is 2. The van der Waals surface area contributed by atoms with E-state index in [1.165, 1.54) is 36.9 Å². The molecular formula is C26H27N7O4. The van der Waals surface area contributed by atoms with Gasteiger partial charge in [0, 0.05) is 66.3 Å². The number of hydrogen-bond acceptors (Lipinski definition) is 10. The Morgan fingerprint density at radius 2 is 1.92 bits per heavy atom. The zero-order chi connectivity index (χ0) is 26.9. The number of esters is 1. The SMILES string of the molecule is C/C(=C\c1ccc(N(C)C)cc1N)C(=O)Oc1c(C)ncc(CN=O)c1/C=N/NC(=O)c1ccncc1. The molecule has 0 aliphatic heterocycles. The van der Waals surface area contributed by atoms with Crippen molar-refractivity contribution in [2.75, 3.05) is 24.7 Å². The van der Waals surface area contributed by atoms with E-state index in [0.717, 1.165) is 5.69 Å². The van der Waals surface area contributed by atoms with Gasteiger partial charge >= 0.3 is 5.97 Å². The number of carbonyl (C=O) groups is 2. The van der Waals surface area contributed by atoms with Crippen molar-refractivity contribution in [2.24, 2.45) is 10.3 Å². The van der Waals surface area contributed by atoms with Crippen molar-refractivity contribution < 1.29 is 14.3 Å². The Bertz CT molecular complexity index is 1370. The van der Waals surface area contributed by atoms with E-state index in [2.05, 4.69) is 25.7 Å². The summed E-state index contributed by atoms with van der Waals surface area (Å²) in [4.78, 5) is 46.2. The van der Waals surface area contributed by atoms with E-state index >= 15 is 0 Å². The van der Waals surface area contributed by atoms with Crippen molar-refractivity contribution in [3.05, 3.63) is 87.4 Å². The quantitative estimate of drug-likeness (QED) is 0.113. The summed E-state index contributed by atoms with van der Waals surface area (Å²) in [6.07, 6.45) is 7.32. The molecule has 0 aliphatic rings. The number of hydrogen-bond donors (Lipinski definition) is 2. The Morgan fingerprint density at radius 1 is 1.19 bits per heavy atom. The van der Waals surface area contributed by atoms with Crippen LogP contribution in [0, 0.1) is 11.8 Å². The lowest BCUT2D eigenvalue weighted by Gasteiger charge is -2.14. The van der Waals surface area contributed by atoms with Gasteiger partial charge in [0.2, 0.25) is 0 Å². The summed E-state index contributed by atoms with van der Waals surface area (Å²) >= 11 is 0. The van der Waals surface area contributed by atoms with Crippen LogP contribution in [0.2, 0.25) is 0 Å². The van der Waals surface area contributed by atoms with Gasteiger partial charge in [-0.15, -0.1) is 0 Å². The zero-order valence-corrected chi connectivity index (χ0v) is 20.9. The number of aromatic nitrogens is 2. The van der Waals surface area contributed by atoms with Crippen molar-refractivity contribution in [3.63, 3.8) is 0 Å². The molecule has 190 valence electrons. The van der Waals surface area contributed by atoms with Crippen LogP contribution in [0.1, 0.15) is 39.7 Å². The van der Waals surface area contributed by atoms with Crippen LogP contribution in [0.5, 0.6) is 5.75 Å². The molecular weight excluding hydrogens is 474 g/mol. The molecule has 0 saturated heterocycles. The lowest BCUT2D eigenvalue weighted by molar-refractivity contribution is -0.130. The minimum Gasteiger partial charge on any atom is -0.421 e. The van der Waals surface area contributed by atoms with Crippen LogP contribution >= 0.6 is 0 Å². The van der Waals surface area contributed by atoms with E-state index in [9.17, 15) is 14.5 Å². The number of nitrogen functional groups attached to an aromatic ring is 1. The fourth-order valence-corrected chi connectivity index (χ4v) is 3.27. The van der Waals surface area contributed by atoms with Crippen molar-refractivity contribution in [1.29, 1.82) is 0 Å². The first kappa shape index (κ1) is 26.7. The Kier molecular flexibility index (Phi) is 8.76. The largest absolute Gasteiger partial charge is 0.421 e. The zero-order valence-electron chi connectivity index (χ0n) is 20.9. The number of aryl methyl sites for hydroxylation is 1. The summed E-state index contributed by atoms with van der Waals surface area (Å²) in [5.41, 5.74) is 12.3. The van der Waals surface area contributed by atoms with Crippen LogP contribution in [0.3, 0.4) is 0 Å². The van der Waals surface area contributed by atoms with E-state index < -0.39 is 11.9 Å². The minimum atomic E-state index is -0.646. The average Bonchev–Trinajstić information content (AvgIpc) is 2.88. The van der Waals surface area contributed by atoms with Gasteiger partial charge in [-0.05, 0) is 49.8 Å².